The van der Waals surface area contributed by atoms with Gasteiger partial charge in [0, 0.05) is 35.6 Å². The van der Waals surface area contributed by atoms with Crippen molar-refractivity contribution < 1.29 is 0 Å². The molecule has 6 nitrogen and oxygen atoms in total. The summed E-state index contributed by atoms with van der Waals surface area (Å²) in [6.45, 7) is 3.13. The molecule has 0 unspecified atom stereocenters. The van der Waals surface area contributed by atoms with Crippen molar-refractivity contribution in [2.75, 3.05) is 32.0 Å². The third-order valence-corrected chi connectivity index (χ3v) is 6.77. The number of rotatable bonds is 6. The molecule has 150 valence electrons. The summed E-state index contributed by atoms with van der Waals surface area (Å²) in [5.74, 6) is 1.29. The van der Waals surface area contributed by atoms with Gasteiger partial charge in [-0.2, -0.15) is 5.10 Å². The zero-order valence-electron chi connectivity index (χ0n) is 16.8. The van der Waals surface area contributed by atoms with E-state index in [0.29, 0.717) is 23.9 Å². The van der Waals surface area contributed by atoms with Gasteiger partial charge in [-0.05, 0) is 83.3 Å². The number of nitrogens with two attached hydrogens (primary N) is 1. The molecular weight excluding hydrogens is 348 g/mol. The fourth-order valence-electron chi connectivity index (χ4n) is 4.61. The van der Waals surface area contributed by atoms with Crippen molar-refractivity contribution in [1.29, 1.82) is 0 Å². The molecule has 0 spiro atoms. The lowest BCUT2D eigenvalue weighted by Crippen LogP contribution is -2.36. The van der Waals surface area contributed by atoms with Gasteiger partial charge in [0.1, 0.15) is 0 Å². The molecule has 2 aromatic heterocycles. The number of piperidine rings is 1. The van der Waals surface area contributed by atoms with E-state index < -0.39 is 0 Å². The summed E-state index contributed by atoms with van der Waals surface area (Å²) in [4.78, 5) is 7.12. The molecule has 3 aliphatic rings. The topological polar surface area (TPSA) is 72.0 Å². The lowest BCUT2D eigenvalue weighted by atomic mass is 9.80. The maximum Gasteiger partial charge on any atom is 0.0757 e. The van der Waals surface area contributed by atoms with E-state index >= 15 is 0 Å². The monoisotopic (exact) mass is 380 g/mol. The molecule has 0 bridgehead atoms. The van der Waals surface area contributed by atoms with E-state index in [1.54, 1.807) is 0 Å². The fourth-order valence-corrected chi connectivity index (χ4v) is 4.61. The van der Waals surface area contributed by atoms with E-state index in [0.717, 1.165) is 25.1 Å². The first-order valence-corrected chi connectivity index (χ1v) is 10.9. The van der Waals surface area contributed by atoms with Crippen LogP contribution < -0.4 is 11.1 Å². The Morgan fingerprint density at radius 1 is 1.18 bits per heavy atom. The van der Waals surface area contributed by atoms with Gasteiger partial charge in [-0.3, -0.25) is 9.67 Å². The first kappa shape index (κ1) is 18.1. The molecule has 2 aromatic rings. The van der Waals surface area contributed by atoms with Crippen molar-refractivity contribution >= 4 is 5.69 Å². The minimum Gasteiger partial charge on any atom is -0.382 e. The average Bonchev–Trinajstić information content (AvgIpc) is 3.43. The molecule has 1 aliphatic heterocycles. The van der Waals surface area contributed by atoms with Crippen molar-refractivity contribution in [1.82, 2.24) is 19.7 Å². The van der Waals surface area contributed by atoms with Gasteiger partial charge in [-0.25, -0.2) is 0 Å². The third kappa shape index (κ3) is 3.67. The van der Waals surface area contributed by atoms with Crippen LogP contribution in [0.25, 0.3) is 11.3 Å². The molecule has 0 aromatic carbocycles. The molecule has 2 aliphatic carbocycles. The molecule has 3 heterocycles. The molecule has 6 heteroatoms. The van der Waals surface area contributed by atoms with Gasteiger partial charge in [0.25, 0.3) is 0 Å². The van der Waals surface area contributed by atoms with Crippen LogP contribution in [0.1, 0.15) is 56.2 Å². The molecule has 1 saturated heterocycles. The Balaban J connectivity index is 1.36. The minimum absolute atomic E-state index is 0.514. The van der Waals surface area contributed by atoms with Crippen LogP contribution in [-0.4, -0.2) is 52.4 Å². The summed E-state index contributed by atoms with van der Waals surface area (Å²) >= 11 is 0. The quantitative estimate of drug-likeness (QED) is 0.805. The summed E-state index contributed by atoms with van der Waals surface area (Å²) in [5.41, 5.74) is 10.5. The Morgan fingerprint density at radius 2 is 1.96 bits per heavy atom. The molecular formula is C22H32N6. The summed E-state index contributed by atoms with van der Waals surface area (Å²) in [6, 6.07) is 5.39. The minimum atomic E-state index is 0.514. The second kappa shape index (κ2) is 7.48. The first-order valence-electron chi connectivity index (χ1n) is 10.9. The van der Waals surface area contributed by atoms with Crippen LogP contribution in [0.15, 0.2) is 24.5 Å². The Hall–Kier alpha value is -1.92. The Labute approximate surface area is 167 Å². The van der Waals surface area contributed by atoms with Crippen LogP contribution in [0.3, 0.4) is 0 Å². The SMILES string of the molecule is CN1CCC(Nc2ccnc(-c3cn(C4CC(CN)C4)nc3C3CC3)c2)CC1. The molecule has 3 N–H and O–H groups in total. The summed E-state index contributed by atoms with van der Waals surface area (Å²) in [7, 11) is 2.20. The molecule has 0 atom stereocenters. The van der Waals surface area contributed by atoms with Crippen molar-refractivity contribution in [3.8, 4) is 11.3 Å². The molecule has 3 fully saturated rings. The van der Waals surface area contributed by atoms with Gasteiger partial charge in [0.2, 0.25) is 0 Å². The van der Waals surface area contributed by atoms with Gasteiger partial charge in [0.15, 0.2) is 0 Å². The predicted octanol–water partition coefficient (Wildman–Crippen LogP) is 3.24. The van der Waals surface area contributed by atoms with Gasteiger partial charge in [0.05, 0.1) is 17.4 Å². The van der Waals surface area contributed by atoms with Gasteiger partial charge < -0.3 is 16.0 Å². The highest BCUT2D eigenvalue weighted by Crippen LogP contribution is 2.45. The smallest absolute Gasteiger partial charge is 0.0757 e. The van der Waals surface area contributed by atoms with Crippen LogP contribution in [-0.2, 0) is 0 Å². The van der Waals surface area contributed by atoms with E-state index in [1.165, 1.54) is 55.7 Å². The largest absolute Gasteiger partial charge is 0.382 e. The van der Waals surface area contributed by atoms with Gasteiger partial charge >= 0.3 is 0 Å². The third-order valence-electron chi connectivity index (χ3n) is 6.77. The van der Waals surface area contributed by atoms with Crippen molar-refractivity contribution in [3.05, 3.63) is 30.2 Å². The van der Waals surface area contributed by atoms with Crippen molar-refractivity contribution in [3.63, 3.8) is 0 Å². The lowest BCUT2D eigenvalue weighted by Gasteiger charge is -2.34. The number of likely N-dealkylation sites (tertiary alicyclic amines) is 1. The van der Waals surface area contributed by atoms with Crippen LogP contribution in [0.4, 0.5) is 5.69 Å². The molecule has 28 heavy (non-hydrogen) atoms. The summed E-state index contributed by atoms with van der Waals surface area (Å²) in [5, 5.41) is 8.74. The zero-order chi connectivity index (χ0) is 19.1. The number of aromatic nitrogens is 3. The second-order valence-electron chi connectivity index (χ2n) is 9.06. The fraction of sp³-hybridized carbons (Fsp3) is 0.636. The maximum atomic E-state index is 5.81. The van der Waals surface area contributed by atoms with Crippen LogP contribution in [0.5, 0.6) is 0 Å². The number of hydrogen-bond acceptors (Lipinski definition) is 5. The highest BCUT2D eigenvalue weighted by molar-refractivity contribution is 5.66. The number of hydrogen-bond donors (Lipinski definition) is 2. The first-order chi connectivity index (χ1) is 13.7. The van der Waals surface area contributed by atoms with Gasteiger partial charge in [-0.1, -0.05) is 0 Å². The highest BCUT2D eigenvalue weighted by atomic mass is 15.3. The highest BCUT2D eigenvalue weighted by Gasteiger charge is 2.34. The van der Waals surface area contributed by atoms with E-state index in [9.17, 15) is 0 Å². The van der Waals surface area contributed by atoms with Crippen molar-refractivity contribution in [2.24, 2.45) is 11.7 Å². The standard InChI is InChI=1S/C22H32N6/c1-27-8-5-17(6-9-27)25-18-4-7-24-21(12-18)20-14-28(19-10-15(11-19)13-23)26-22(20)16-2-3-16/h4,7,12,14-17,19H,2-3,5-6,8-11,13,23H2,1H3,(H,24,25). The van der Waals surface area contributed by atoms with Crippen LogP contribution in [0.2, 0.25) is 0 Å². The molecule has 5 rings (SSSR count). The summed E-state index contributed by atoms with van der Waals surface area (Å²) in [6.07, 6.45) is 11.4. The number of nitrogens with one attached hydrogen (secondary N) is 1. The molecule has 0 amide bonds. The van der Waals surface area contributed by atoms with Crippen LogP contribution in [0, 0.1) is 5.92 Å². The Bertz CT molecular complexity index is 812. The normalized spacial score (nSPS) is 26.2. The maximum absolute atomic E-state index is 5.81. The van der Waals surface area contributed by atoms with E-state index in [1.807, 2.05) is 6.20 Å². The average molecular weight is 381 g/mol. The number of nitrogens with zero attached hydrogens (tertiary/aromatic N) is 4. The van der Waals surface area contributed by atoms with E-state index in [4.69, 9.17) is 15.8 Å². The second-order valence-corrected chi connectivity index (χ2v) is 9.06. The Kier molecular flexibility index (Phi) is 4.85. The van der Waals surface area contributed by atoms with E-state index in [2.05, 4.69) is 40.3 Å². The number of pyridine rings is 1. The Morgan fingerprint density at radius 3 is 2.68 bits per heavy atom. The number of anilines is 1. The predicted molar refractivity (Wildman–Crippen MR) is 112 cm³/mol. The zero-order valence-corrected chi connectivity index (χ0v) is 16.8. The molecule has 2 saturated carbocycles. The van der Waals surface area contributed by atoms with Gasteiger partial charge in [-0.15, -0.1) is 0 Å². The van der Waals surface area contributed by atoms with E-state index in [-0.39, 0.29) is 0 Å². The molecule has 0 radical (unpaired) electrons. The van der Waals surface area contributed by atoms with Crippen LogP contribution >= 0.6 is 0 Å². The summed E-state index contributed by atoms with van der Waals surface area (Å²) < 4.78 is 2.20. The lowest BCUT2D eigenvalue weighted by molar-refractivity contribution is 0.189. The van der Waals surface area contributed by atoms with Crippen molar-refractivity contribution in [2.45, 2.75) is 56.5 Å².